The van der Waals surface area contributed by atoms with Crippen molar-refractivity contribution in [2.45, 2.75) is 73.2 Å². The lowest BCUT2D eigenvalue weighted by molar-refractivity contribution is -0.231. The predicted molar refractivity (Wildman–Crippen MR) is 79.6 cm³/mol. The van der Waals surface area contributed by atoms with Crippen molar-refractivity contribution in [3.05, 3.63) is 0 Å². The molecule has 0 amide bonds. The van der Waals surface area contributed by atoms with Gasteiger partial charge in [-0.15, -0.1) is 0 Å². The van der Waals surface area contributed by atoms with E-state index in [1.165, 1.54) is 0 Å². The lowest BCUT2D eigenvalue weighted by Crippen LogP contribution is -2.65. The molecule has 0 bridgehead atoms. The predicted octanol–water partition coefficient (Wildman–Crippen LogP) is -6.51. The second-order valence-electron chi connectivity index (χ2n) is 6.51. The molecule has 2 rings (SSSR count). The molecule has 5 unspecified atom stereocenters. The first kappa shape index (κ1) is 23.0. The Labute approximate surface area is 151 Å². The summed E-state index contributed by atoms with van der Waals surface area (Å²) in [5.41, 5.74) is 0. The van der Waals surface area contributed by atoms with E-state index < -0.39 is 81.1 Å². The average Bonchev–Trinajstić information content (AvgIpc) is 2.62. The summed E-state index contributed by atoms with van der Waals surface area (Å²) in [5, 5.41) is 96.3. The molecule has 11 N–H and O–H groups in total. The maximum atomic E-state index is 12.1. The molecule has 0 aromatic heterocycles. The Hall–Kier alpha value is -0.290. The Morgan fingerprint density at radius 3 is 0.852 bits per heavy atom. The number of aliphatic hydroxyl groups is 10. The minimum Gasteiger partial charge on any atom is -0.387 e. The highest BCUT2D eigenvalue weighted by Crippen LogP contribution is 2.49. The number of hydrogen-bond acceptors (Lipinski definition) is 13. The van der Waals surface area contributed by atoms with Gasteiger partial charge in [-0.05, 0) is 0 Å². The summed E-state index contributed by atoms with van der Waals surface area (Å²) >= 11 is 0. The van der Waals surface area contributed by atoms with Crippen LogP contribution in [-0.2, 0) is 13.6 Å². The molecule has 0 heterocycles. The largest absolute Gasteiger partial charge is 0.473 e. The third-order valence-electron chi connectivity index (χ3n) is 4.66. The molecule has 2 aliphatic rings. The Kier molecular flexibility index (Phi) is 7.00. The van der Waals surface area contributed by atoms with Crippen LogP contribution >= 0.6 is 7.82 Å². The molecule has 0 aromatic carbocycles. The van der Waals surface area contributed by atoms with Crippen molar-refractivity contribution in [2.24, 2.45) is 0 Å². The Morgan fingerprint density at radius 2 is 0.630 bits per heavy atom. The number of hydrogen-bond donors (Lipinski definition) is 11. The van der Waals surface area contributed by atoms with Gasteiger partial charge in [0.25, 0.3) is 0 Å². The van der Waals surface area contributed by atoms with Gasteiger partial charge in [0, 0.05) is 0 Å². The molecular formula is C12H23O14P. The first-order chi connectivity index (χ1) is 12.3. The van der Waals surface area contributed by atoms with E-state index in [2.05, 4.69) is 9.05 Å². The molecule has 14 nitrogen and oxygen atoms in total. The molecule has 13 atom stereocenters. The van der Waals surface area contributed by atoms with E-state index >= 15 is 0 Å². The minimum atomic E-state index is -5.37. The molecular weight excluding hydrogens is 399 g/mol. The van der Waals surface area contributed by atoms with Gasteiger partial charge in [0.15, 0.2) is 0 Å². The first-order valence-electron chi connectivity index (χ1n) is 7.80. The lowest BCUT2D eigenvalue weighted by Gasteiger charge is -2.43. The van der Waals surface area contributed by atoms with Crippen LogP contribution in [0.3, 0.4) is 0 Å². The van der Waals surface area contributed by atoms with Gasteiger partial charge in [0.05, 0.1) is 0 Å². The van der Waals surface area contributed by atoms with Crippen molar-refractivity contribution in [3.63, 3.8) is 0 Å². The summed E-state index contributed by atoms with van der Waals surface area (Å²) in [4.78, 5) is 9.78. The third kappa shape index (κ3) is 4.34. The molecule has 0 spiro atoms. The molecule has 2 aliphatic carbocycles. The molecule has 0 aliphatic heterocycles. The molecule has 2 fully saturated rings. The normalized spacial score (nSPS) is 53.7. The van der Waals surface area contributed by atoms with Crippen molar-refractivity contribution in [1.29, 1.82) is 0 Å². The zero-order valence-corrected chi connectivity index (χ0v) is 14.4. The van der Waals surface area contributed by atoms with E-state index in [4.69, 9.17) is 0 Å². The molecule has 0 radical (unpaired) electrons. The van der Waals surface area contributed by atoms with E-state index in [9.17, 15) is 60.5 Å². The van der Waals surface area contributed by atoms with Gasteiger partial charge in [-0.2, -0.15) is 0 Å². The third-order valence-corrected chi connectivity index (χ3v) is 5.68. The molecule has 160 valence electrons. The maximum absolute atomic E-state index is 12.1. The Bertz CT molecular complexity index is 486. The summed E-state index contributed by atoms with van der Waals surface area (Å²) in [6.45, 7) is 0. The standard InChI is InChI=1S/C12H23O14P/c13-1-3(15)7(19)11(8(20)4(1)16)25-27(23,24)26-12-9(21)5(17)2(14)6(18)10(12)22/h1-22H,(H,23,24)/t1?,2?,3-,4+,5-,6+,7-,8-,9+,10+,11?,12?. The van der Waals surface area contributed by atoms with Crippen LogP contribution in [0.1, 0.15) is 0 Å². The van der Waals surface area contributed by atoms with E-state index in [0.717, 1.165) is 0 Å². The van der Waals surface area contributed by atoms with Crippen LogP contribution in [0.2, 0.25) is 0 Å². The molecule has 0 aromatic rings. The van der Waals surface area contributed by atoms with Crippen molar-refractivity contribution < 1.29 is 69.6 Å². The highest BCUT2D eigenvalue weighted by Gasteiger charge is 2.54. The van der Waals surface area contributed by atoms with E-state index in [-0.39, 0.29) is 0 Å². The fourth-order valence-electron chi connectivity index (χ4n) is 2.98. The Balaban J connectivity index is 2.15. The van der Waals surface area contributed by atoms with Gasteiger partial charge in [0.2, 0.25) is 0 Å². The second-order valence-corrected chi connectivity index (χ2v) is 7.87. The molecule has 15 heteroatoms. The summed E-state index contributed by atoms with van der Waals surface area (Å²) in [6.07, 6.45) is -25.0. The van der Waals surface area contributed by atoms with Gasteiger partial charge < -0.3 is 56.0 Å². The fraction of sp³-hybridized carbons (Fsp3) is 1.00. The Morgan fingerprint density at radius 1 is 0.444 bits per heavy atom. The van der Waals surface area contributed by atoms with Crippen molar-refractivity contribution in [3.8, 4) is 0 Å². The van der Waals surface area contributed by atoms with Crippen molar-refractivity contribution in [2.75, 3.05) is 0 Å². The number of phosphoric ester groups is 1. The lowest BCUT2D eigenvalue weighted by atomic mass is 9.85. The average molecular weight is 422 g/mol. The van der Waals surface area contributed by atoms with Crippen LogP contribution in [0.15, 0.2) is 0 Å². The van der Waals surface area contributed by atoms with E-state index in [1.54, 1.807) is 0 Å². The van der Waals surface area contributed by atoms with E-state index in [1.807, 2.05) is 0 Å². The topological polar surface area (TPSA) is 258 Å². The number of phosphoric acid groups is 1. The zero-order chi connectivity index (χ0) is 20.8. The fourth-order valence-corrected chi connectivity index (χ4v) is 4.14. The molecule has 2 saturated carbocycles. The highest BCUT2D eigenvalue weighted by atomic mass is 31.2. The summed E-state index contributed by atoms with van der Waals surface area (Å²) < 4.78 is 21.1. The quantitative estimate of drug-likeness (QED) is 0.188. The van der Waals surface area contributed by atoms with Crippen molar-refractivity contribution >= 4 is 7.82 Å². The van der Waals surface area contributed by atoms with Crippen LogP contribution in [0, 0.1) is 0 Å². The summed E-state index contributed by atoms with van der Waals surface area (Å²) in [7, 11) is -5.37. The van der Waals surface area contributed by atoms with Crippen LogP contribution < -0.4 is 0 Å². The smallest absolute Gasteiger partial charge is 0.387 e. The highest BCUT2D eigenvalue weighted by molar-refractivity contribution is 7.47. The second kappa shape index (κ2) is 8.22. The van der Waals surface area contributed by atoms with Gasteiger partial charge in [-0.1, -0.05) is 0 Å². The van der Waals surface area contributed by atoms with Gasteiger partial charge in [-0.25, -0.2) is 4.57 Å². The SMILES string of the molecule is O=P(O)(OC1[C@@H](O)[C@H](O)C(O)[C@H](O)[C@@H]1O)OC1[C@H](O)[C@H](O)C(O)[C@H](O)[C@H]1O. The van der Waals surface area contributed by atoms with E-state index in [0.29, 0.717) is 0 Å². The van der Waals surface area contributed by atoms with Gasteiger partial charge in [-0.3, -0.25) is 9.05 Å². The molecule has 0 saturated heterocycles. The van der Waals surface area contributed by atoms with Crippen LogP contribution in [0.25, 0.3) is 0 Å². The molecule has 27 heavy (non-hydrogen) atoms. The minimum absolute atomic E-state index is 1.98. The van der Waals surface area contributed by atoms with Crippen molar-refractivity contribution in [1.82, 2.24) is 0 Å². The van der Waals surface area contributed by atoms with Crippen LogP contribution in [0.4, 0.5) is 0 Å². The van der Waals surface area contributed by atoms with Crippen LogP contribution in [0.5, 0.6) is 0 Å². The van der Waals surface area contributed by atoms with Crippen LogP contribution in [-0.4, -0.2) is 129 Å². The monoisotopic (exact) mass is 422 g/mol. The number of rotatable bonds is 4. The first-order valence-corrected chi connectivity index (χ1v) is 9.30. The summed E-state index contributed by atoms with van der Waals surface area (Å²) in [5.74, 6) is 0. The number of aliphatic hydroxyl groups excluding tert-OH is 10. The maximum Gasteiger partial charge on any atom is 0.473 e. The zero-order valence-electron chi connectivity index (χ0n) is 13.5. The van der Waals surface area contributed by atoms with Gasteiger partial charge in [0.1, 0.15) is 73.2 Å². The van der Waals surface area contributed by atoms with Gasteiger partial charge >= 0.3 is 7.82 Å². The summed E-state index contributed by atoms with van der Waals surface area (Å²) in [6, 6.07) is 0.